The molecule has 21 heavy (non-hydrogen) atoms. The summed E-state index contributed by atoms with van der Waals surface area (Å²) in [5, 5.41) is 3.06. The quantitative estimate of drug-likeness (QED) is 0.843. The molecule has 0 saturated heterocycles. The lowest BCUT2D eigenvalue weighted by molar-refractivity contribution is 0.525. The molecular weight excluding hydrogens is 343 g/mol. The Labute approximate surface area is 130 Å². The molecule has 1 nitrogen and oxygen atoms in total. The molecule has 5 heteroatoms. The van der Waals surface area contributed by atoms with Gasteiger partial charge in [0.15, 0.2) is 0 Å². The maximum Gasteiger partial charge on any atom is 0.126 e. The Morgan fingerprint density at radius 3 is 2.29 bits per heavy atom. The van der Waals surface area contributed by atoms with Gasteiger partial charge in [-0.2, -0.15) is 0 Å². The summed E-state index contributed by atoms with van der Waals surface area (Å²) in [5.74, 6) is -1.49. The molecule has 0 aliphatic rings. The number of benzene rings is 2. The summed E-state index contributed by atoms with van der Waals surface area (Å²) >= 11 is 3.31. The molecule has 0 aliphatic carbocycles. The van der Waals surface area contributed by atoms with Gasteiger partial charge < -0.3 is 5.32 Å². The topological polar surface area (TPSA) is 12.0 Å². The lowest BCUT2D eigenvalue weighted by Crippen LogP contribution is -2.30. The van der Waals surface area contributed by atoms with Crippen molar-refractivity contribution in [3.05, 3.63) is 69.4 Å². The Kier molecular flexibility index (Phi) is 5.42. The van der Waals surface area contributed by atoms with Gasteiger partial charge in [0, 0.05) is 16.6 Å². The van der Waals surface area contributed by atoms with Gasteiger partial charge in [-0.05, 0) is 61.3 Å². The number of hydrogen-bond donors (Lipinski definition) is 1. The summed E-state index contributed by atoms with van der Waals surface area (Å²) in [4.78, 5) is 0. The third-order valence-electron chi connectivity index (χ3n) is 3.29. The zero-order valence-electron chi connectivity index (χ0n) is 11.5. The average Bonchev–Trinajstić information content (AvgIpc) is 2.41. The van der Waals surface area contributed by atoms with E-state index in [1.165, 1.54) is 18.2 Å². The van der Waals surface area contributed by atoms with Crippen LogP contribution < -0.4 is 5.32 Å². The zero-order valence-corrected chi connectivity index (χ0v) is 13.1. The van der Waals surface area contributed by atoms with Crippen LogP contribution in [0.2, 0.25) is 0 Å². The third kappa shape index (κ3) is 4.58. The van der Waals surface area contributed by atoms with Crippen molar-refractivity contribution in [1.29, 1.82) is 0 Å². The minimum absolute atomic E-state index is 0.116. The van der Waals surface area contributed by atoms with E-state index in [0.29, 0.717) is 24.0 Å². The van der Waals surface area contributed by atoms with Gasteiger partial charge in [-0.25, -0.2) is 13.2 Å². The van der Waals surface area contributed by atoms with Crippen LogP contribution in [-0.4, -0.2) is 13.1 Å². The summed E-state index contributed by atoms with van der Waals surface area (Å²) in [7, 11) is 1.75. The smallest absolute Gasteiger partial charge is 0.126 e. The first-order valence-corrected chi connectivity index (χ1v) is 7.33. The molecule has 1 atom stereocenters. The van der Waals surface area contributed by atoms with E-state index >= 15 is 0 Å². The highest BCUT2D eigenvalue weighted by atomic mass is 79.9. The molecule has 0 fully saturated rings. The summed E-state index contributed by atoms with van der Waals surface area (Å²) in [6, 6.07) is 8.06. The largest absolute Gasteiger partial charge is 0.316 e. The molecule has 2 aromatic carbocycles. The molecule has 2 rings (SSSR count). The van der Waals surface area contributed by atoms with Gasteiger partial charge in [0.1, 0.15) is 17.5 Å². The molecule has 0 heterocycles. The second kappa shape index (κ2) is 7.09. The minimum atomic E-state index is -0.603. The van der Waals surface area contributed by atoms with Crippen molar-refractivity contribution in [1.82, 2.24) is 5.32 Å². The van der Waals surface area contributed by atoms with Gasteiger partial charge in [0.25, 0.3) is 0 Å². The van der Waals surface area contributed by atoms with Gasteiger partial charge in [0.2, 0.25) is 0 Å². The summed E-state index contributed by atoms with van der Waals surface area (Å²) in [6.07, 6.45) is 0.844. The van der Waals surface area contributed by atoms with E-state index in [2.05, 4.69) is 21.2 Å². The van der Waals surface area contributed by atoms with Crippen LogP contribution in [0, 0.1) is 17.5 Å². The minimum Gasteiger partial charge on any atom is -0.316 e. The standard InChI is InChI=1S/C16H15BrF3N/c1-21-15(6-10-4-13(18)9-14(19)5-10)8-11-7-12(17)2-3-16(11)20/h2-5,7,9,15,21H,6,8H2,1H3. The normalized spacial score (nSPS) is 12.4. The molecule has 0 amide bonds. The van der Waals surface area contributed by atoms with Crippen LogP contribution >= 0.6 is 15.9 Å². The monoisotopic (exact) mass is 357 g/mol. The average molecular weight is 358 g/mol. The van der Waals surface area contributed by atoms with E-state index in [4.69, 9.17) is 0 Å². The fourth-order valence-electron chi connectivity index (χ4n) is 2.25. The number of likely N-dealkylation sites (N-methyl/N-ethyl adjacent to an activating group) is 1. The molecule has 0 aliphatic heterocycles. The lowest BCUT2D eigenvalue weighted by Gasteiger charge is -2.17. The summed E-state index contributed by atoms with van der Waals surface area (Å²) in [5.41, 5.74) is 1.10. The van der Waals surface area contributed by atoms with Crippen LogP contribution in [0.4, 0.5) is 13.2 Å². The van der Waals surface area contributed by atoms with E-state index in [1.807, 2.05) is 0 Å². The second-order valence-corrected chi connectivity index (χ2v) is 5.82. The zero-order chi connectivity index (χ0) is 15.4. The Bertz CT molecular complexity index is 611. The molecule has 1 unspecified atom stereocenters. The van der Waals surface area contributed by atoms with Crippen molar-refractivity contribution in [3.63, 3.8) is 0 Å². The first-order valence-electron chi connectivity index (χ1n) is 6.54. The molecule has 2 aromatic rings. The first kappa shape index (κ1) is 16.0. The first-order chi connectivity index (χ1) is 9.97. The van der Waals surface area contributed by atoms with Crippen molar-refractivity contribution >= 4 is 15.9 Å². The van der Waals surface area contributed by atoms with Crippen molar-refractivity contribution in [2.24, 2.45) is 0 Å². The predicted molar refractivity (Wildman–Crippen MR) is 80.7 cm³/mol. The third-order valence-corrected chi connectivity index (χ3v) is 3.78. The number of hydrogen-bond acceptors (Lipinski definition) is 1. The van der Waals surface area contributed by atoms with E-state index < -0.39 is 11.6 Å². The Balaban J connectivity index is 2.14. The fourth-order valence-corrected chi connectivity index (χ4v) is 2.66. The molecule has 0 radical (unpaired) electrons. The highest BCUT2D eigenvalue weighted by Crippen LogP contribution is 2.18. The molecule has 0 saturated carbocycles. The van der Waals surface area contributed by atoms with Gasteiger partial charge >= 0.3 is 0 Å². The van der Waals surface area contributed by atoms with E-state index in [1.54, 1.807) is 19.2 Å². The molecule has 0 spiro atoms. The second-order valence-electron chi connectivity index (χ2n) is 4.91. The van der Waals surface area contributed by atoms with Crippen LogP contribution in [0.3, 0.4) is 0 Å². The number of nitrogens with one attached hydrogen (secondary N) is 1. The van der Waals surface area contributed by atoms with E-state index in [9.17, 15) is 13.2 Å². The molecule has 0 aromatic heterocycles. The number of rotatable bonds is 5. The van der Waals surface area contributed by atoms with Crippen molar-refractivity contribution in [3.8, 4) is 0 Å². The lowest BCUT2D eigenvalue weighted by atomic mass is 9.98. The predicted octanol–water partition coefficient (Wildman–Crippen LogP) is 4.24. The highest BCUT2D eigenvalue weighted by molar-refractivity contribution is 9.10. The summed E-state index contributed by atoms with van der Waals surface area (Å²) in [6.45, 7) is 0. The molecule has 1 N–H and O–H groups in total. The van der Waals surface area contributed by atoms with Gasteiger partial charge in [-0.1, -0.05) is 15.9 Å². The van der Waals surface area contributed by atoms with Gasteiger partial charge in [0.05, 0.1) is 0 Å². The summed E-state index contributed by atoms with van der Waals surface area (Å²) < 4.78 is 41.0. The molecule has 112 valence electrons. The van der Waals surface area contributed by atoms with Crippen molar-refractivity contribution in [2.45, 2.75) is 18.9 Å². The van der Waals surface area contributed by atoms with Crippen LogP contribution in [0.15, 0.2) is 40.9 Å². The fraction of sp³-hybridized carbons (Fsp3) is 0.250. The van der Waals surface area contributed by atoms with E-state index in [0.717, 1.165) is 10.5 Å². The van der Waals surface area contributed by atoms with Crippen molar-refractivity contribution < 1.29 is 13.2 Å². The maximum absolute atomic E-state index is 13.8. The SMILES string of the molecule is CNC(Cc1cc(F)cc(F)c1)Cc1cc(Br)ccc1F. The van der Waals surface area contributed by atoms with Crippen molar-refractivity contribution in [2.75, 3.05) is 7.05 Å². The van der Waals surface area contributed by atoms with Gasteiger partial charge in [-0.15, -0.1) is 0 Å². The Morgan fingerprint density at radius 1 is 1.00 bits per heavy atom. The van der Waals surface area contributed by atoms with Gasteiger partial charge in [-0.3, -0.25) is 0 Å². The van der Waals surface area contributed by atoms with Crippen LogP contribution in [0.1, 0.15) is 11.1 Å². The van der Waals surface area contributed by atoms with Crippen LogP contribution in [0.25, 0.3) is 0 Å². The highest BCUT2D eigenvalue weighted by Gasteiger charge is 2.13. The maximum atomic E-state index is 13.8. The number of halogens is 4. The van der Waals surface area contributed by atoms with Crippen LogP contribution in [0.5, 0.6) is 0 Å². The molecule has 0 bridgehead atoms. The molecular formula is C16H15BrF3N. The van der Waals surface area contributed by atoms with E-state index in [-0.39, 0.29) is 11.9 Å². The Hall–Kier alpha value is -1.33. The Morgan fingerprint density at radius 2 is 1.67 bits per heavy atom. The van der Waals surface area contributed by atoms with Crippen LogP contribution in [-0.2, 0) is 12.8 Å².